The van der Waals surface area contributed by atoms with Crippen LogP contribution in [0.4, 0.5) is 14.5 Å². The van der Waals surface area contributed by atoms with Crippen molar-refractivity contribution >= 4 is 28.5 Å². The minimum atomic E-state index is -0.699. The zero-order chi connectivity index (χ0) is 25.6. The first-order valence-electron chi connectivity index (χ1n) is 12.1. The van der Waals surface area contributed by atoms with Crippen molar-refractivity contribution in [3.8, 4) is 0 Å². The largest absolute Gasteiger partial charge is 0.349 e. The van der Waals surface area contributed by atoms with Crippen LogP contribution in [0.15, 0.2) is 41.2 Å². The Bertz CT molecular complexity index is 1390. The third kappa shape index (κ3) is 4.41. The normalized spacial score (nSPS) is 22.7. The van der Waals surface area contributed by atoms with Gasteiger partial charge in [-0.2, -0.15) is 0 Å². The Hall–Kier alpha value is -3.53. The van der Waals surface area contributed by atoms with Crippen LogP contribution in [-0.4, -0.2) is 51.0 Å². The number of carbonyl (C=O) groups is 2. The van der Waals surface area contributed by atoms with Gasteiger partial charge in [0.1, 0.15) is 11.6 Å². The molecular formula is C26H29F2N5O3. The van der Waals surface area contributed by atoms with E-state index in [2.05, 4.69) is 10.6 Å². The molecule has 3 aromatic rings. The molecule has 2 aliphatic rings. The first kappa shape index (κ1) is 24.2. The molecule has 2 aliphatic heterocycles. The number of amides is 2. The highest BCUT2D eigenvalue weighted by molar-refractivity contribution is 5.94. The van der Waals surface area contributed by atoms with Crippen LogP contribution in [0.2, 0.25) is 0 Å². The highest BCUT2D eigenvalue weighted by Crippen LogP contribution is 2.41. The van der Waals surface area contributed by atoms with Gasteiger partial charge >= 0.3 is 5.69 Å². The predicted octanol–water partition coefficient (Wildman–Crippen LogP) is 2.62. The topological polar surface area (TPSA) is 88.4 Å². The second-order valence-corrected chi connectivity index (χ2v) is 9.99. The van der Waals surface area contributed by atoms with Crippen LogP contribution in [0.5, 0.6) is 0 Å². The maximum absolute atomic E-state index is 14.1. The van der Waals surface area contributed by atoms with Gasteiger partial charge in [0.05, 0.1) is 23.1 Å². The van der Waals surface area contributed by atoms with Gasteiger partial charge in [-0.1, -0.05) is 6.42 Å². The number of carbonyl (C=O) groups excluding carboxylic acids is 2. The Morgan fingerprint density at radius 2 is 1.78 bits per heavy atom. The maximum Gasteiger partial charge on any atom is 0.328 e. The molecule has 190 valence electrons. The second-order valence-electron chi connectivity index (χ2n) is 9.99. The van der Waals surface area contributed by atoms with Crippen molar-refractivity contribution in [1.29, 1.82) is 0 Å². The molecule has 2 amide bonds. The number of aryl methyl sites for hydroxylation is 2. The minimum absolute atomic E-state index is 0.0532. The summed E-state index contributed by atoms with van der Waals surface area (Å²) in [7, 11) is 3.37. The summed E-state index contributed by atoms with van der Waals surface area (Å²) in [6, 6.07) is 8.75. The van der Waals surface area contributed by atoms with Crippen LogP contribution in [0, 0.1) is 11.6 Å². The number of anilines is 1. The van der Waals surface area contributed by atoms with E-state index in [-0.39, 0.29) is 30.0 Å². The monoisotopic (exact) mass is 497 g/mol. The van der Waals surface area contributed by atoms with E-state index >= 15 is 0 Å². The minimum Gasteiger partial charge on any atom is -0.349 e. The van der Waals surface area contributed by atoms with E-state index in [9.17, 15) is 23.2 Å². The fourth-order valence-electron chi connectivity index (χ4n) is 5.82. The first-order chi connectivity index (χ1) is 17.1. The average molecular weight is 498 g/mol. The number of rotatable bonds is 4. The summed E-state index contributed by atoms with van der Waals surface area (Å²) in [4.78, 5) is 39.6. The zero-order valence-electron chi connectivity index (χ0n) is 20.3. The highest BCUT2D eigenvalue weighted by Gasteiger charge is 2.49. The van der Waals surface area contributed by atoms with Gasteiger partial charge < -0.3 is 10.6 Å². The molecule has 36 heavy (non-hydrogen) atoms. The number of fused-ring (bicyclic) bond motifs is 1. The molecule has 8 nitrogen and oxygen atoms in total. The van der Waals surface area contributed by atoms with E-state index in [1.165, 1.54) is 16.7 Å². The van der Waals surface area contributed by atoms with E-state index in [0.717, 1.165) is 24.4 Å². The van der Waals surface area contributed by atoms with Gasteiger partial charge in [-0.05, 0) is 48.7 Å². The lowest BCUT2D eigenvalue weighted by Gasteiger charge is -2.35. The van der Waals surface area contributed by atoms with Crippen molar-refractivity contribution in [2.24, 2.45) is 14.1 Å². The van der Waals surface area contributed by atoms with Crippen molar-refractivity contribution < 1.29 is 18.4 Å². The molecule has 0 radical (unpaired) electrons. The summed E-state index contributed by atoms with van der Waals surface area (Å²) in [6.07, 6.45) is 2.64. The molecule has 2 aromatic carbocycles. The number of likely N-dealkylation sites (tertiary alicyclic amines) is 1. The van der Waals surface area contributed by atoms with Crippen LogP contribution in [-0.2, 0) is 23.7 Å². The van der Waals surface area contributed by atoms with Crippen molar-refractivity contribution in [3.05, 3.63) is 64.1 Å². The van der Waals surface area contributed by atoms with Gasteiger partial charge in [-0.25, -0.2) is 13.6 Å². The first-order valence-corrected chi connectivity index (χ1v) is 12.1. The number of nitrogens with one attached hydrogen (secondary N) is 2. The molecule has 2 saturated heterocycles. The molecular weight excluding hydrogens is 468 g/mol. The van der Waals surface area contributed by atoms with Crippen molar-refractivity contribution in [1.82, 2.24) is 19.4 Å². The lowest BCUT2D eigenvalue weighted by atomic mass is 9.79. The van der Waals surface area contributed by atoms with Crippen LogP contribution in [0.3, 0.4) is 0 Å². The van der Waals surface area contributed by atoms with E-state index in [0.29, 0.717) is 42.7 Å². The fourth-order valence-corrected chi connectivity index (χ4v) is 5.82. The third-order valence-electron chi connectivity index (χ3n) is 7.49. The summed E-state index contributed by atoms with van der Waals surface area (Å²) >= 11 is 0. The number of benzene rings is 2. The van der Waals surface area contributed by atoms with Gasteiger partial charge in [-0.3, -0.25) is 23.6 Å². The standard InChI is InChI=1S/C26H29F2N5O3/c1-31-21-7-6-19(12-22(21)32(2)25(31)36)29-24(35)14-33-13-20(16-9-17(27)11-18(28)10-16)26(15-33)8-4-3-5-23(34)30-26/h6-7,9-12,20H,3-5,8,13-15H2,1-2H3,(H,29,35)(H,30,34)/t20-,26+/m0/s1. The van der Waals surface area contributed by atoms with E-state index in [1.54, 1.807) is 36.9 Å². The molecule has 10 heteroatoms. The molecule has 0 saturated carbocycles. The van der Waals surface area contributed by atoms with Gasteiger partial charge in [0.15, 0.2) is 0 Å². The summed E-state index contributed by atoms with van der Waals surface area (Å²) in [5, 5.41) is 6.03. The summed E-state index contributed by atoms with van der Waals surface area (Å²) < 4.78 is 31.2. The number of halogens is 2. The van der Waals surface area contributed by atoms with Crippen LogP contribution in [0.1, 0.15) is 37.2 Å². The molecule has 0 aliphatic carbocycles. The average Bonchev–Trinajstić information content (AvgIpc) is 3.16. The Balaban J connectivity index is 1.37. The SMILES string of the molecule is Cn1c(=O)n(C)c2cc(NC(=O)CN3C[C@@H](c4cc(F)cc(F)c4)[C@@]4(CCCCC(=O)N4)C3)ccc21. The lowest BCUT2D eigenvalue weighted by molar-refractivity contribution is -0.122. The van der Waals surface area contributed by atoms with Crippen LogP contribution >= 0.6 is 0 Å². The van der Waals surface area contributed by atoms with Gasteiger partial charge in [0, 0.05) is 51.3 Å². The number of nitrogens with zero attached hydrogens (tertiary/aromatic N) is 3. The zero-order valence-corrected chi connectivity index (χ0v) is 20.3. The number of hydrogen-bond donors (Lipinski definition) is 2. The quantitative estimate of drug-likeness (QED) is 0.580. The lowest BCUT2D eigenvalue weighted by Crippen LogP contribution is -2.52. The molecule has 2 atom stereocenters. The molecule has 2 fully saturated rings. The Morgan fingerprint density at radius 3 is 2.53 bits per heavy atom. The molecule has 0 unspecified atom stereocenters. The molecule has 1 aromatic heterocycles. The van der Waals surface area contributed by atoms with Gasteiger partial charge in [0.25, 0.3) is 0 Å². The Morgan fingerprint density at radius 1 is 1.06 bits per heavy atom. The summed E-state index contributed by atoms with van der Waals surface area (Å²) in [6.45, 7) is 0.835. The maximum atomic E-state index is 14.1. The molecule has 0 bridgehead atoms. The van der Waals surface area contributed by atoms with Crippen molar-refractivity contribution in [3.63, 3.8) is 0 Å². The Kier molecular flexibility index (Phi) is 6.15. The van der Waals surface area contributed by atoms with E-state index in [4.69, 9.17) is 0 Å². The predicted molar refractivity (Wildman–Crippen MR) is 132 cm³/mol. The molecule has 2 N–H and O–H groups in total. The van der Waals surface area contributed by atoms with E-state index in [1.807, 2.05) is 4.90 Å². The summed E-state index contributed by atoms with van der Waals surface area (Å²) in [5.41, 5.74) is 1.66. The summed E-state index contributed by atoms with van der Waals surface area (Å²) in [5.74, 6) is -2.02. The van der Waals surface area contributed by atoms with Crippen LogP contribution < -0.4 is 16.3 Å². The van der Waals surface area contributed by atoms with E-state index < -0.39 is 17.2 Å². The van der Waals surface area contributed by atoms with Gasteiger partial charge in [0.2, 0.25) is 11.8 Å². The Labute approximate surface area is 206 Å². The van der Waals surface area contributed by atoms with Crippen molar-refractivity contribution in [2.45, 2.75) is 37.1 Å². The van der Waals surface area contributed by atoms with Crippen LogP contribution in [0.25, 0.3) is 11.0 Å². The van der Waals surface area contributed by atoms with Crippen molar-refractivity contribution in [2.75, 3.05) is 25.0 Å². The second kappa shape index (κ2) is 9.16. The van der Waals surface area contributed by atoms with Gasteiger partial charge in [-0.15, -0.1) is 0 Å². The molecule has 5 rings (SSSR count). The number of imidazole rings is 1. The fraction of sp³-hybridized carbons (Fsp3) is 0.423. The molecule has 3 heterocycles. The highest BCUT2D eigenvalue weighted by atomic mass is 19.1. The number of aromatic nitrogens is 2. The number of hydrogen-bond acceptors (Lipinski definition) is 4. The third-order valence-corrected chi connectivity index (χ3v) is 7.49. The molecule has 1 spiro atoms. The smallest absolute Gasteiger partial charge is 0.328 e.